The molecule has 0 aliphatic heterocycles. The molecule has 2 aromatic heterocycles. The molecule has 0 spiro atoms. The van der Waals surface area contributed by atoms with Gasteiger partial charge in [0, 0.05) is 43.9 Å². The van der Waals surface area contributed by atoms with Gasteiger partial charge in [0.1, 0.15) is 0 Å². The van der Waals surface area contributed by atoms with Gasteiger partial charge in [0.2, 0.25) is 0 Å². The maximum absolute atomic E-state index is 2.97. The number of aromatic nitrogens is 2. The molecule has 2 heterocycles. The summed E-state index contributed by atoms with van der Waals surface area (Å²) >= 11 is 0. The number of hydrogen-bond acceptors (Lipinski definition) is 0. The van der Waals surface area contributed by atoms with Crippen LogP contribution in [-0.4, -0.2) is 17.2 Å². The molecule has 12 rings (SSSR count). The van der Waals surface area contributed by atoms with Crippen LogP contribution >= 0.6 is 0 Å². The Morgan fingerprint density at radius 2 is 1.03 bits per heavy atom. The van der Waals surface area contributed by atoms with Crippen LogP contribution in [0.3, 0.4) is 0 Å². The van der Waals surface area contributed by atoms with Gasteiger partial charge in [-0.1, -0.05) is 184 Å². The normalized spacial score (nSPS) is 15.3. The van der Waals surface area contributed by atoms with Crippen molar-refractivity contribution in [1.82, 2.24) is 9.13 Å². The van der Waals surface area contributed by atoms with Crippen molar-refractivity contribution in [3.8, 4) is 22.5 Å². The van der Waals surface area contributed by atoms with Crippen molar-refractivity contribution in [2.45, 2.75) is 32.1 Å². The molecular formula is C57H44N2Si. The molecule has 0 N–H and O–H groups in total. The molecule has 0 saturated heterocycles. The van der Waals surface area contributed by atoms with Crippen molar-refractivity contribution in [1.29, 1.82) is 0 Å². The van der Waals surface area contributed by atoms with Crippen LogP contribution in [0.25, 0.3) is 66.1 Å². The molecule has 1 atom stereocenters. The van der Waals surface area contributed by atoms with Crippen molar-refractivity contribution < 1.29 is 0 Å². The maximum Gasteiger partial charge on any atom is 0.181 e. The number of rotatable bonds is 6. The maximum atomic E-state index is 2.55. The van der Waals surface area contributed by atoms with E-state index in [0.717, 1.165) is 12.8 Å². The van der Waals surface area contributed by atoms with Crippen molar-refractivity contribution in [2.75, 3.05) is 0 Å². The minimum Gasteiger partial charge on any atom is -0.309 e. The largest absolute Gasteiger partial charge is 0.309 e. The Morgan fingerprint density at radius 1 is 0.450 bits per heavy atom. The Balaban J connectivity index is 1.17. The van der Waals surface area contributed by atoms with Gasteiger partial charge >= 0.3 is 0 Å². The summed E-state index contributed by atoms with van der Waals surface area (Å²) in [5.41, 5.74) is 12.8. The zero-order valence-electron chi connectivity index (χ0n) is 33.9. The average Bonchev–Trinajstić information content (AvgIpc) is 3.91. The first-order valence-electron chi connectivity index (χ1n) is 21.3. The third-order valence-electron chi connectivity index (χ3n) is 13.7. The summed E-state index contributed by atoms with van der Waals surface area (Å²) in [5, 5.41) is 10.8. The van der Waals surface area contributed by atoms with Crippen LogP contribution in [0, 0.1) is 0 Å². The number of hydrogen-bond donors (Lipinski definition) is 0. The molecule has 0 fully saturated rings. The number of allylic oxidation sites excluding steroid dienone is 4. The van der Waals surface area contributed by atoms with Gasteiger partial charge in [-0.25, -0.2) is 0 Å². The van der Waals surface area contributed by atoms with E-state index in [-0.39, 0.29) is 5.41 Å². The molecule has 3 heteroatoms. The van der Waals surface area contributed by atoms with Crippen molar-refractivity contribution in [3.63, 3.8) is 0 Å². The molecule has 0 bridgehead atoms. The van der Waals surface area contributed by atoms with E-state index < -0.39 is 8.07 Å². The molecule has 1 unspecified atom stereocenters. The standard InChI is InChI=1S/C57H44N2Si/c1-57(2)49-29-15-12-27-48(49)54-50(57)38-37-47-45-26-14-17-31-52(45)59(56(47)54)40-33-35-43(36-34-40)60(41-21-8-4-9-22-41,42-23-10-5-11-24-42)53-32-18-28-46-44-25-13-16-30-51(44)58(55(46)53)39-19-6-3-7-20-39/h3-4,6-10,12-38H,5,11H2,1-2H3. The second-order valence-corrected chi connectivity index (χ2v) is 20.9. The quantitative estimate of drug-likeness (QED) is 0.117. The number of benzene rings is 8. The number of nitrogens with zero attached hydrogens (tertiary/aromatic N) is 2. The van der Waals surface area contributed by atoms with Gasteiger partial charge in [-0.05, 0) is 86.7 Å². The minimum absolute atomic E-state index is 0.0867. The fourth-order valence-electron chi connectivity index (χ4n) is 11.1. The lowest BCUT2D eigenvalue weighted by Gasteiger charge is -2.37. The van der Waals surface area contributed by atoms with Crippen molar-refractivity contribution in [2.24, 2.45) is 0 Å². The smallest absolute Gasteiger partial charge is 0.181 e. The monoisotopic (exact) mass is 784 g/mol. The lowest BCUT2D eigenvalue weighted by atomic mass is 9.82. The highest BCUT2D eigenvalue weighted by molar-refractivity contribution is 7.17. The second-order valence-electron chi connectivity index (χ2n) is 17.1. The van der Waals surface area contributed by atoms with Gasteiger partial charge < -0.3 is 9.13 Å². The lowest BCUT2D eigenvalue weighted by molar-refractivity contribution is 0.661. The van der Waals surface area contributed by atoms with Crippen LogP contribution in [-0.2, 0) is 5.41 Å². The van der Waals surface area contributed by atoms with Crippen molar-refractivity contribution in [3.05, 3.63) is 223 Å². The molecule has 0 radical (unpaired) electrons. The summed E-state index contributed by atoms with van der Waals surface area (Å²) in [6, 6.07) is 71.0. The topological polar surface area (TPSA) is 9.86 Å². The Bertz CT molecular complexity index is 3380. The third kappa shape index (κ3) is 4.81. The van der Waals surface area contributed by atoms with Gasteiger partial charge in [-0.2, -0.15) is 0 Å². The molecule has 2 aliphatic carbocycles. The summed E-state index contributed by atoms with van der Waals surface area (Å²) in [7, 11) is -2.97. The summed E-state index contributed by atoms with van der Waals surface area (Å²) in [6.07, 6.45) is 9.51. The number of para-hydroxylation sites is 4. The van der Waals surface area contributed by atoms with E-state index >= 15 is 0 Å². The van der Waals surface area contributed by atoms with E-state index in [1.165, 1.54) is 98.0 Å². The first kappa shape index (κ1) is 35.0. The molecule has 10 aromatic rings. The molecule has 8 aromatic carbocycles. The fraction of sp³-hybridized carbons (Fsp3) is 0.0877. The first-order chi connectivity index (χ1) is 29.6. The minimum atomic E-state index is -2.97. The second kappa shape index (κ2) is 13.3. The van der Waals surface area contributed by atoms with Gasteiger partial charge in [-0.15, -0.1) is 0 Å². The van der Waals surface area contributed by atoms with Crippen LogP contribution in [0.1, 0.15) is 37.8 Å². The van der Waals surface area contributed by atoms with E-state index in [4.69, 9.17) is 0 Å². The van der Waals surface area contributed by atoms with Crippen molar-refractivity contribution >= 4 is 67.2 Å². The number of fused-ring (bicyclic) bond motifs is 10. The highest BCUT2D eigenvalue weighted by atomic mass is 28.3. The molecule has 0 saturated carbocycles. The Kier molecular flexibility index (Phi) is 7.76. The molecule has 286 valence electrons. The summed E-state index contributed by atoms with van der Waals surface area (Å²) in [6.45, 7) is 4.76. The Labute approximate surface area is 352 Å². The van der Waals surface area contributed by atoms with Crippen LogP contribution in [0.5, 0.6) is 0 Å². The SMILES string of the molecule is CC1(C)c2ccccc2-c2c1ccc1c3ccccc3n(-c3ccc([Si](C4=CCCC=C4)(c4ccccc4)c4cccc5c6ccccc6n(-c6ccccc6)c45)cc3)c21. The molecule has 60 heavy (non-hydrogen) atoms. The Morgan fingerprint density at radius 3 is 1.75 bits per heavy atom. The summed E-state index contributed by atoms with van der Waals surface area (Å²) in [5.74, 6) is 0. The zero-order valence-corrected chi connectivity index (χ0v) is 34.9. The third-order valence-corrected chi connectivity index (χ3v) is 18.5. The highest BCUT2D eigenvalue weighted by Crippen LogP contribution is 2.52. The first-order valence-corrected chi connectivity index (χ1v) is 23.3. The Hall–Kier alpha value is -6.94. The van der Waals surface area contributed by atoms with E-state index in [2.05, 4.69) is 229 Å². The van der Waals surface area contributed by atoms with Crippen LogP contribution in [0.4, 0.5) is 0 Å². The van der Waals surface area contributed by atoms with Crippen LogP contribution in [0.2, 0.25) is 0 Å². The molecule has 2 aliphatic rings. The van der Waals surface area contributed by atoms with E-state index in [0.29, 0.717) is 0 Å². The molecule has 0 amide bonds. The lowest BCUT2D eigenvalue weighted by Crippen LogP contribution is -2.69. The predicted molar refractivity (Wildman–Crippen MR) is 257 cm³/mol. The predicted octanol–water partition coefficient (Wildman–Crippen LogP) is 12.5. The highest BCUT2D eigenvalue weighted by Gasteiger charge is 2.45. The zero-order chi connectivity index (χ0) is 40.0. The molecular weight excluding hydrogens is 741 g/mol. The van der Waals surface area contributed by atoms with Gasteiger partial charge in [0.05, 0.1) is 22.1 Å². The summed E-state index contributed by atoms with van der Waals surface area (Å²) in [4.78, 5) is 0. The van der Waals surface area contributed by atoms with Gasteiger partial charge in [0.15, 0.2) is 8.07 Å². The summed E-state index contributed by atoms with van der Waals surface area (Å²) < 4.78 is 5.08. The fourth-order valence-corrected chi connectivity index (χ4v) is 16.1. The van der Waals surface area contributed by atoms with E-state index in [9.17, 15) is 0 Å². The van der Waals surface area contributed by atoms with Gasteiger partial charge in [0.25, 0.3) is 0 Å². The van der Waals surface area contributed by atoms with E-state index in [1.54, 1.807) is 0 Å². The van der Waals surface area contributed by atoms with Gasteiger partial charge in [-0.3, -0.25) is 0 Å². The van der Waals surface area contributed by atoms with Crippen LogP contribution in [0.15, 0.2) is 211 Å². The van der Waals surface area contributed by atoms with Crippen LogP contribution < -0.4 is 15.6 Å². The van der Waals surface area contributed by atoms with E-state index in [1.807, 2.05) is 0 Å². The average molecular weight is 785 g/mol. The molecule has 2 nitrogen and oxygen atoms in total.